The van der Waals surface area contributed by atoms with Crippen molar-refractivity contribution in [2.45, 2.75) is 25.1 Å². The molecule has 0 spiro atoms. The zero-order valence-electron chi connectivity index (χ0n) is 10.9. The summed E-state index contributed by atoms with van der Waals surface area (Å²) in [5.41, 5.74) is 4.07. The molecule has 1 aliphatic rings. The highest BCUT2D eigenvalue weighted by molar-refractivity contribution is 5.94. The largest absolute Gasteiger partial charge is 0.416 e. The van der Waals surface area contributed by atoms with E-state index < -0.39 is 29.0 Å². The van der Waals surface area contributed by atoms with Crippen LogP contribution in [0.3, 0.4) is 0 Å². The Morgan fingerprint density at radius 3 is 2.52 bits per heavy atom. The van der Waals surface area contributed by atoms with Crippen molar-refractivity contribution in [3.8, 4) is 0 Å². The quantitative estimate of drug-likeness (QED) is 0.836. The fourth-order valence-electron chi connectivity index (χ4n) is 1.87. The fourth-order valence-corrected chi connectivity index (χ4v) is 1.87. The second-order valence-corrected chi connectivity index (χ2v) is 4.90. The Hall–Kier alpha value is -1.34. The maximum absolute atomic E-state index is 13.4. The minimum Gasteiger partial charge on any atom is -0.350 e. The van der Waals surface area contributed by atoms with Gasteiger partial charge in [0.15, 0.2) is 0 Å². The molecule has 0 radical (unpaired) electrons. The average molecular weight is 327 g/mol. The smallest absolute Gasteiger partial charge is 0.350 e. The summed E-state index contributed by atoms with van der Waals surface area (Å²) in [5.74, 6) is -1.54. The first-order chi connectivity index (χ1) is 9.29. The van der Waals surface area contributed by atoms with Crippen LogP contribution in [0.15, 0.2) is 18.2 Å². The molecule has 3 N–H and O–H groups in total. The predicted molar refractivity (Wildman–Crippen MR) is 71.7 cm³/mol. The van der Waals surface area contributed by atoms with Gasteiger partial charge in [-0.1, -0.05) is 0 Å². The summed E-state index contributed by atoms with van der Waals surface area (Å²) in [4.78, 5) is 11.7. The number of halogens is 5. The molecule has 8 heteroatoms. The van der Waals surface area contributed by atoms with Crippen molar-refractivity contribution in [1.82, 2.24) is 5.32 Å². The molecule has 21 heavy (non-hydrogen) atoms. The zero-order valence-corrected chi connectivity index (χ0v) is 11.7. The third kappa shape index (κ3) is 4.57. The van der Waals surface area contributed by atoms with Gasteiger partial charge in [0.05, 0.1) is 11.1 Å². The molecule has 1 amide bonds. The number of hydrogen-bond acceptors (Lipinski definition) is 2. The molecule has 1 aromatic carbocycles. The van der Waals surface area contributed by atoms with E-state index in [2.05, 4.69) is 5.32 Å². The number of carbonyl (C=O) groups is 1. The molecule has 1 aromatic rings. The Bertz CT molecular complexity index is 517. The lowest BCUT2D eigenvalue weighted by Crippen LogP contribution is -2.38. The summed E-state index contributed by atoms with van der Waals surface area (Å²) in [6, 6.07) is 1.50. The number of nitrogens with two attached hydrogens (primary N) is 1. The lowest BCUT2D eigenvalue weighted by atomic mass is 10.1. The molecule has 0 heterocycles. The van der Waals surface area contributed by atoms with E-state index >= 15 is 0 Å². The number of alkyl halides is 3. The molecule has 0 aromatic heterocycles. The third-order valence-electron chi connectivity index (χ3n) is 3.26. The van der Waals surface area contributed by atoms with E-state index in [0.29, 0.717) is 24.1 Å². The highest BCUT2D eigenvalue weighted by atomic mass is 35.5. The second-order valence-electron chi connectivity index (χ2n) is 4.90. The molecular weight excluding hydrogens is 312 g/mol. The van der Waals surface area contributed by atoms with Gasteiger partial charge in [-0.05, 0) is 37.0 Å². The van der Waals surface area contributed by atoms with Gasteiger partial charge in [0.2, 0.25) is 0 Å². The molecule has 1 unspecified atom stereocenters. The van der Waals surface area contributed by atoms with Gasteiger partial charge in [-0.25, -0.2) is 4.39 Å². The van der Waals surface area contributed by atoms with Crippen molar-refractivity contribution < 1.29 is 22.4 Å². The SMILES string of the molecule is Cl.NC(CNC(=O)c1cc(C(F)(F)F)ccc1F)C1CC1. The molecule has 118 valence electrons. The number of rotatable bonds is 4. The van der Waals surface area contributed by atoms with E-state index in [9.17, 15) is 22.4 Å². The fraction of sp³-hybridized carbons (Fsp3) is 0.462. The normalized spacial score (nSPS) is 16.0. The van der Waals surface area contributed by atoms with Crippen LogP contribution < -0.4 is 11.1 Å². The van der Waals surface area contributed by atoms with Gasteiger partial charge in [0.1, 0.15) is 5.82 Å². The monoisotopic (exact) mass is 326 g/mol. The minimum absolute atomic E-state index is 0. The average Bonchev–Trinajstić information content (AvgIpc) is 3.18. The molecule has 0 bridgehead atoms. The van der Waals surface area contributed by atoms with Crippen molar-refractivity contribution in [2.24, 2.45) is 11.7 Å². The van der Waals surface area contributed by atoms with E-state index in [1.807, 2.05) is 0 Å². The molecule has 3 nitrogen and oxygen atoms in total. The van der Waals surface area contributed by atoms with Crippen LogP contribution in [0.1, 0.15) is 28.8 Å². The topological polar surface area (TPSA) is 55.1 Å². The molecule has 1 aliphatic carbocycles. The van der Waals surface area contributed by atoms with Crippen molar-refractivity contribution in [3.05, 3.63) is 35.1 Å². The van der Waals surface area contributed by atoms with Gasteiger partial charge in [-0.2, -0.15) is 13.2 Å². The number of benzene rings is 1. The lowest BCUT2D eigenvalue weighted by Gasteiger charge is -2.13. The van der Waals surface area contributed by atoms with E-state index in [4.69, 9.17) is 5.73 Å². The van der Waals surface area contributed by atoms with Crippen molar-refractivity contribution in [3.63, 3.8) is 0 Å². The number of nitrogens with one attached hydrogen (secondary N) is 1. The van der Waals surface area contributed by atoms with E-state index in [1.54, 1.807) is 0 Å². The van der Waals surface area contributed by atoms with Gasteiger partial charge < -0.3 is 11.1 Å². The summed E-state index contributed by atoms with van der Waals surface area (Å²) >= 11 is 0. The molecule has 1 fully saturated rings. The summed E-state index contributed by atoms with van der Waals surface area (Å²) in [6.45, 7) is 0.124. The van der Waals surface area contributed by atoms with Crippen LogP contribution in [0.25, 0.3) is 0 Å². The maximum atomic E-state index is 13.4. The van der Waals surface area contributed by atoms with Crippen LogP contribution in [-0.2, 0) is 6.18 Å². The van der Waals surface area contributed by atoms with Crippen LogP contribution in [-0.4, -0.2) is 18.5 Å². The summed E-state index contributed by atoms with van der Waals surface area (Å²) in [5, 5.41) is 2.37. The minimum atomic E-state index is -4.62. The van der Waals surface area contributed by atoms with Gasteiger partial charge in [-0.3, -0.25) is 4.79 Å². The standard InChI is InChI=1S/C13H14F4N2O.ClH/c14-10-4-3-8(13(15,16)17)5-9(10)12(20)19-6-11(18)7-1-2-7;/h3-5,7,11H,1-2,6,18H2,(H,19,20);1H. The van der Waals surface area contributed by atoms with Crippen molar-refractivity contribution in [1.29, 1.82) is 0 Å². The van der Waals surface area contributed by atoms with Crippen LogP contribution >= 0.6 is 12.4 Å². The van der Waals surface area contributed by atoms with Crippen LogP contribution in [0.4, 0.5) is 17.6 Å². The second kappa shape index (κ2) is 6.62. The molecule has 2 rings (SSSR count). The Labute approximate surface area is 125 Å². The Morgan fingerprint density at radius 1 is 1.38 bits per heavy atom. The maximum Gasteiger partial charge on any atom is 0.416 e. The van der Waals surface area contributed by atoms with Crippen LogP contribution in [0.5, 0.6) is 0 Å². The Balaban J connectivity index is 0.00000220. The van der Waals surface area contributed by atoms with Crippen LogP contribution in [0.2, 0.25) is 0 Å². The van der Waals surface area contributed by atoms with E-state index in [1.165, 1.54) is 0 Å². The molecular formula is C13H15ClF4N2O. The number of carbonyl (C=O) groups excluding carboxylic acids is 1. The Kier molecular flexibility index (Phi) is 5.58. The molecule has 1 atom stereocenters. The first-order valence-corrected chi connectivity index (χ1v) is 6.19. The highest BCUT2D eigenvalue weighted by Crippen LogP contribution is 2.31. The first kappa shape index (κ1) is 17.7. The van der Waals surface area contributed by atoms with Gasteiger partial charge in [0.25, 0.3) is 5.91 Å². The summed E-state index contributed by atoms with van der Waals surface area (Å²) in [6.07, 6.45) is -2.66. The Morgan fingerprint density at radius 2 is 2.00 bits per heavy atom. The lowest BCUT2D eigenvalue weighted by molar-refractivity contribution is -0.137. The molecule has 0 saturated heterocycles. The zero-order chi connectivity index (χ0) is 14.9. The van der Waals surface area contributed by atoms with E-state index in [-0.39, 0.29) is 25.0 Å². The highest BCUT2D eigenvalue weighted by Gasteiger charge is 2.32. The molecule has 0 aliphatic heterocycles. The predicted octanol–water partition coefficient (Wildman–Crippen LogP) is 2.73. The van der Waals surface area contributed by atoms with Crippen molar-refractivity contribution in [2.75, 3.05) is 6.54 Å². The van der Waals surface area contributed by atoms with Crippen LogP contribution in [0, 0.1) is 11.7 Å². The summed E-state index contributed by atoms with van der Waals surface area (Å²) < 4.78 is 51.0. The van der Waals surface area contributed by atoms with Gasteiger partial charge in [-0.15, -0.1) is 12.4 Å². The summed E-state index contributed by atoms with van der Waals surface area (Å²) in [7, 11) is 0. The number of hydrogen-bond donors (Lipinski definition) is 2. The van der Waals surface area contributed by atoms with Gasteiger partial charge in [0, 0.05) is 12.6 Å². The van der Waals surface area contributed by atoms with Crippen molar-refractivity contribution >= 4 is 18.3 Å². The van der Waals surface area contributed by atoms with Gasteiger partial charge >= 0.3 is 6.18 Å². The third-order valence-corrected chi connectivity index (χ3v) is 3.26. The molecule has 1 saturated carbocycles. The first-order valence-electron chi connectivity index (χ1n) is 6.19. The number of amides is 1. The van der Waals surface area contributed by atoms with E-state index in [0.717, 1.165) is 12.8 Å².